The minimum Gasteiger partial charge on any atom is -0.506 e. The Hall–Kier alpha value is -2.34. The Morgan fingerprint density at radius 1 is 1.10 bits per heavy atom. The van der Waals surface area contributed by atoms with Crippen molar-refractivity contribution in [2.24, 2.45) is 5.41 Å². The number of rotatable bonds is 6. The number of amides is 1. The number of phenolic OH excluding ortho intramolecular Hbond substituents is 1. The Morgan fingerprint density at radius 3 is 2.21 bits per heavy atom. The zero-order valence-electron chi connectivity index (χ0n) is 17.3. The van der Waals surface area contributed by atoms with Gasteiger partial charge in [0.1, 0.15) is 11.5 Å². The zero-order valence-corrected chi connectivity index (χ0v) is 18.2. The number of anilines is 1. The van der Waals surface area contributed by atoms with Crippen molar-refractivity contribution in [1.82, 2.24) is 0 Å². The van der Waals surface area contributed by atoms with E-state index in [1.165, 1.54) is 0 Å². The first-order valence-electron chi connectivity index (χ1n) is 9.17. The Morgan fingerprint density at radius 2 is 1.69 bits per heavy atom. The highest BCUT2D eigenvalue weighted by atomic mass is 31.2. The summed E-state index contributed by atoms with van der Waals surface area (Å²) in [7, 11) is -4.24. The van der Waals surface area contributed by atoms with Gasteiger partial charge in [-0.2, -0.15) is 0 Å². The number of aryl methyl sites for hydroxylation is 2. The summed E-state index contributed by atoms with van der Waals surface area (Å²) in [5.74, 6) is 0.209. The van der Waals surface area contributed by atoms with Crippen LogP contribution in [0.15, 0.2) is 30.3 Å². The summed E-state index contributed by atoms with van der Waals surface area (Å²) in [6.45, 7) is 9.19. The van der Waals surface area contributed by atoms with Gasteiger partial charge in [0.15, 0.2) is 6.35 Å². The van der Waals surface area contributed by atoms with Crippen LogP contribution in [0.3, 0.4) is 0 Å². The van der Waals surface area contributed by atoms with E-state index < -0.39 is 19.4 Å². The molecule has 0 aliphatic rings. The number of phenols is 1. The van der Waals surface area contributed by atoms with Gasteiger partial charge in [0, 0.05) is 5.41 Å². The second-order valence-electron chi connectivity index (χ2n) is 8.21. The molecule has 0 bridgehead atoms. The van der Waals surface area contributed by atoms with Gasteiger partial charge in [0.05, 0.1) is 5.69 Å². The Bertz CT molecular complexity index is 935. The summed E-state index contributed by atoms with van der Waals surface area (Å²) in [5.41, 5.74) is 3.55. The van der Waals surface area contributed by atoms with Crippen molar-refractivity contribution in [2.45, 2.75) is 41.0 Å². The zero-order chi connectivity index (χ0) is 22.0. The topological polar surface area (TPSA) is 116 Å². The highest BCUT2D eigenvalue weighted by Crippen LogP contribution is 2.35. The van der Waals surface area contributed by atoms with Crippen molar-refractivity contribution in [1.29, 1.82) is 0 Å². The third kappa shape index (κ3) is 6.60. The van der Waals surface area contributed by atoms with Gasteiger partial charge in [-0.25, -0.2) is 0 Å². The van der Waals surface area contributed by atoms with Crippen molar-refractivity contribution in [3.05, 3.63) is 52.6 Å². The summed E-state index contributed by atoms with van der Waals surface area (Å²) in [4.78, 5) is 30.2. The molecule has 0 heterocycles. The molecule has 0 fully saturated rings. The van der Waals surface area contributed by atoms with Crippen molar-refractivity contribution in [3.8, 4) is 11.5 Å². The molecule has 0 radical (unpaired) electrons. The lowest BCUT2D eigenvalue weighted by molar-refractivity contribution is -0.123. The normalized spacial score (nSPS) is 12.0. The van der Waals surface area contributed by atoms with Crippen LogP contribution in [0.25, 0.3) is 0 Å². The lowest BCUT2D eigenvalue weighted by Gasteiger charge is -2.19. The van der Waals surface area contributed by atoms with Gasteiger partial charge in [-0.1, -0.05) is 26.8 Å². The van der Waals surface area contributed by atoms with Gasteiger partial charge < -0.3 is 24.9 Å². The van der Waals surface area contributed by atoms with Crippen LogP contribution < -0.4 is 10.1 Å². The molecule has 4 N–H and O–H groups in total. The number of aromatic hydroxyl groups is 1. The van der Waals surface area contributed by atoms with Crippen LogP contribution in [-0.2, 0) is 15.8 Å². The summed E-state index contributed by atoms with van der Waals surface area (Å²) < 4.78 is 16.2. The molecule has 0 aromatic heterocycles. The molecule has 2 aromatic rings. The lowest BCUT2D eigenvalue weighted by atomic mass is 9.94. The maximum atomic E-state index is 12.2. The van der Waals surface area contributed by atoms with Crippen LogP contribution in [0.1, 0.15) is 43.0 Å². The number of benzene rings is 2. The fourth-order valence-corrected chi connectivity index (χ4v) is 3.10. The molecule has 0 atom stereocenters. The molecule has 2 aromatic carbocycles. The lowest BCUT2D eigenvalue weighted by Crippen LogP contribution is -2.27. The molecular weight excluding hydrogens is 393 g/mol. The van der Waals surface area contributed by atoms with Crippen LogP contribution in [0.4, 0.5) is 5.69 Å². The van der Waals surface area contributed by atoms with Crippen LogP contribution in [0, 0.1) is 19.3 Å². The van der Waals surface area contributed by atoms with E-state index in [2.05, 4.69) is 5.32 Å². The van der Waals surface area contributed by atoms with Crippen LogP contribution >= 0.6 is 7.60 Å². The maximum absolute atomic E-state index is 12.2. The van der Waals surface area contributed by atoms with E-state index in [-0.39, 0.29) is 11.7 Å². The highest BCUT2D eigenvalue weighted by Gasteiger charge is 2.22. The van der Waals surface area contributed by atoms with Crippen LogP contribution in [-0.4, -0.2) is 27.1 Å². The Labute approximate surface area is 170 Å². The summed E-state index contributed by atoms with van der Waals surface area (Å²) >= 11 is 0. The second-order valence-corrected chi connectivity index (χ2v) is 9.79. The molecule has 7 nitrogen and oxygen atoms in total. The van der Waals surface area contributed by atoms with Gasteiger partial charge in [0.2, 0.25) is 5.91 Å². The van der Waals surface area contributed by atoms with E-state index in [4.69, 9.17) is 14.5 Å². The first-order chi connectivity index (χ1) is 13.3. The molecule has 0 aliphatic heterocycles. The predicted octanol–water partition coefficient (Wildman–Crippen LogP) is 4.10. The smallest absolute Gasteiger partial charge is 0.362 e. The highest BCUT2D eigenvalue weighted by molar-refractivity contribution is 7.51. The van der Waals surface area contributed by atoms with E-state index in [1.807, 2.05) is 13.8 Å². The molecule has 0 spiro atoms. The third-order valence-electron chi connectivity index (χ3n) is 4.44. The van der Waals surface area contributed by atoms with Gasteiger partial charge in [-0.15, -0.1) is 0 Å². The molecular formula is C21H28NO6P. The predicted molar refractivity (Wildman–Crippen MR) is 112 cm³/mol. The number of hydrogen-bond acceptors (Lipinski definition) is 4. The first-order valence-corrected chi connectivity index (χ1v) is 11.0. The fourth-order valence-electron chi connectivity index (χ4n) is 2.78. The van der Waals surface area contributed by atoms with Gasteiger partial charge >= 0.3 is 7.60 Å². The van der Waals surface area contributed by atoms with Gasteiger partial charge in [-0.3, -0.25) is 9.36 Å². The van der Waals surface area contributed by atoms with Crippen LogP contribution in [0.5, 0.6) is 11.5 Å². The monoisotopic (exact) mass is 421 g/mol. The maximum Gasteiger partial charge on any atom is 0.362 e. The number of carbonyl (C=O) groups is 1. The Balaban J connectivity index is 2.24. The van der Waals surface area contributed by atoms with E-state index >= 15 is 0 Å². The molecule has 0 unspecified atom stereocenters. The largest absolute Gasteiger partial charge is 0.506 e. The van der Waals surface area contributed by atoms with E-state index in [9.17, 15) is 14.5 Å². The molecule has 8 heteroatoms. The van der Waals surface area contributed by atoms with Crippen molar-refractivity contribution >= 4 is 19.2 Å². The van der Waals surface area contributed by atoms with Crippen molar-refractivity contribution in [3.63, 3.8) is 0 Å². The first kappa shape index (κ1) is 22.9. The molecule has 158 valence electrons. The second kappa shape index (κ2) is 8.57. The van der Waals surface area contributed by atoms with Crippen molar-refractivity contribution in [2.75, 3.05) is 11.7 Å². The summed E-state index contributed by atoms with van der Waals surface area (Å²) in [6, 6.07) is 8.56. The van der Waals surface area contributed by atoms with Crippen LogP contribution in [0.2, 0.25) is 0 Å². The van der Waals surface area contributed by atoms with Gasteiger partial charge in [-0.05, 0) is 66.8 Å². The number of nitrogens with one attached hydrogen (secondary N) is 1. The molecule has 29 heavy (non-hydrogen) atoms. The van der Waals surface area contributed by atoms with Crippen molar-refractivity contribution < 1.29 is 29.0 Å². The molecule has 0 saturated carbocycles. The molecule has 0 aliphatic carbocycles. The van der Waals surface area contributed by atoms with Gasteiger partial charge in [0.25, 0.3) is 0 Å². The minimum atomic E-state index is -4.24. The average molecular weight is 421 g/mol. The molecule has 2 rings (SSSR count). The summed E-state index contributed by atoms with van der Waals surface area (Å²) in [6.07, 6.45) is -0.102. The fraction of sp³-hybridized carbons (Fsp3) is 0.381. The standard InChI is InChI=1S/C21H28NO6P/c1-13-8-16(28-12-29(25,26)27)9-14(2)17(13)10-15-6-7-19(23)18(11-15)22-20(24)21(3,4)5/h6-9,11,23H,10,12H2,1-5H3,(H,22,24)(H2,25,26,27). The summed E-state index contributed by atoms with van der Waals surface area (Å²) in [5, 5.41) is 12.9. The quantitative estimate of drug-likeness (QED) is 0.412. The Kier molecular flexibility index (Phi) is 6.78. The number of hydrogen-bond donors (Lipinski definition) is 4. The number of carbonyl (C=O) groups excluding carboxylic acids is 1. The third-order valence-corrected chi connectivity index (χ3v) is 4.91. The minimum absolute atomic E-state index is 0.000906. The number of ether oxygens (including phenoxy) is 1. The SMILES string of the molecule is Cc1cc(OCP(=O)(O)O)cc(C)c1Cc1ccc(O)c(NC(=O)C(C)(C)C)c1. The van der Waals surface area contributed by atoms with E-state index in [0.717, 1.165) is 22.3 Å². The molecule has 0 saturated heterocycles. The molecule has 1 amide bonds. The van der Waals surface area contributed by atoms with E-state index in [0.29, 0.717) is 17.9 Å². The average Bonchev–Trinajstić information content (AvgIpc) is 2.57. The van der Waals surface area contributed by atoms with E-state index in [1.54, 1.807) is 51.1 Å².